The van der Waals surface area contributed by atoms with Gasteiger partial charge in [0.15, 0.2) is 0 Å². The van der Waals surface area contributed by atoms with E-state index in [1.54, 1.807) is 0 Å². The van der Waals surface area contributed by atoms with Crippen LogP contribution in [0.5, 0.6) is 0 Å². The van der Waals surface area contributed by atoms with E-state index in [1.165, 1.54) is 11.9 Å². The first-order chi connectivity index (χ1) is 19.1. The lowest BCUT2D eigenvalue weighted by Gasteiger charge is -2.43. The molecule has 3 fully saturated rings. The molecule has 2 aliphatic carbocycles. The smallest absolute Gasteiger partial charge is 0.145 e. The maximum Gasteiger partial charge on any atom is 0.145 e. The summed E-state index contributed by atoms with van der Waals surface area (Å²) in [6, 6.07) is 8.76. The first-order valence-corrected chi connectivity index (χ1v) is 14.4. The van der Waals surface area contributed by atoms with Crippen LogP contribution in [0.15, 0.2) is 36.8 Å². The number of hydrogen-bond acceptors (Lipinski definition) is 8. The number of nitrogens with two attached hydrogens (primary N) is 1. The number of nitrogen functional groups attached to an aromatic ring is 1. The van der Waals surface area contributed by atoms with Gasteiger partial charge in [-0.1, -0.05) is 26.8 Å². The minimum absolute atomic E-state index is 0.0804. The maximum absolute atomic E-state index is 11.0. The summed E-state index contributed by atoms with van der Waals surface area (Å²) in [5.41, 5.74) is 10.3. The van der Waals surface area contributed by atoms with Gasteiger partial charge in [-0.15, -0.1) is 0 Å². The number of nitrogens with one attached hydrogen (secondary N) is 1. The molecule has 2 saturated carbocycles. The fourth-order valence-electron chi connectivity index (χ4n) is 6.87. The largest absolute Gasteiger partial charge is 0.390 e. The summed E-state index contributed by atoms with van der Waals surface area (Å²) in [6.45, 7) is 7.26. The Balaban J connectivity index is 0.955. The normalized spacial score (nSPS) is 32.0. The Hall–Kier alpha value is -3.05. The molecule has 40 heavy (non-hydrogen) atoms. The molecule has 5 N–H and O–H groups in total. The van der Waals surface area contributed by atoms with Gasteiger partial charge in [0.2, 0.25) is 0 Å². The van der Waals surface area contributed by atoms with Crippen molar-refractivity contribution in [3.05, 3.63) is 48.2 Å². The zero-order valence-corrected chi connectivity index (χ0v) is 23.5. The lowest BCUT2D eigenvalue weighted by Crippen LogP contribution is -2.53. The van der Waals surface area contributed by atoms with E-state index in [-0.39, 0.29) is 23.5 Å². The summed E-state index contributed by atoms with van der Waals surface area (Å²) in [5, 5.41) is 22.7. The van der Waals surface area contributed by atoms with Crippen LogP contribution in [0.3, 0.4) is 0 Å². The molecular weight excluding hydrogens is 506 g/mol. The van der Waals surface area contributed by atoms with Crippen molar-refractivity contribution in [2.24, 2.45) is 11.8 Å². The van der Waals surface area contributed by atoms with Crippen molar-refractivity contribution in [3.63, 3.8) is 0 Å². The molecule has 4 aromatic rings. The number of imidazole rings is 1. The minimum atomic E-state index is -0.931. The van der Waals surface area contributed by atoms with Gasteiger partial charge in [-0.25, -0.2) is 15.0 Å². The average molecular weight is 546 g/mol. The van der Waals surface area contributed by atoms with E-state index >= 15 is 0 Å². The lowest BCUT2D eigenvalue weighted by atomic mass is 9.77. The highest BCUT2D eigenvalue weighted by atomic mass is 16.5. The fraction of sp³-hybridized carbons (Fsp3) is 0.567. The number of nitrogens with zero attached hydrogens (tertiary/aromatic N) is 5. The highest BCUT2D eigenvalue weighted by Gasteiger charge is 2.63. The van der Waals surface area contributed by atoms with Gasteiger partial charge in [-0.05, 0) is 55.0 Å². The molecule has 0 radical (unpaired) electrons. The Labute approximate surface area is 233 Å². The van der Waals surface area contributed by atoms with Crippen molar-refractivity contribution < 1.29 is 14.9 Å². The molecule has 0 amide bonds. The molecule has 0 bridgehead atoms. The van der Waals surface area contributed by atoms with Crippen molar-refractivity contribution in [1.29, 1.82) is 0 Å². The third-order valence-corrected chi connectivity index (χ3v) is 9.47. The van der Waals surface area contributed by atoms with Crippen molar-refractivity contribution in [1.82, 2.24) is 29.4 Å². The number of aromatic nitrogens is 5. The van der Waals surface area contributed by atoms with Crippen molar-refractivity contribution in [2.75, 3.05) is 19.3 Å². The Kier molecular flexibility index (Phi) is 5.98. The minimum Gasteiger partial charge on any atom is -0.390 e. The molecule has 1 aromatic carbocycles. The van der Waals surface area contributed by atoms with Gasteiger partial charge in [-0.3, -0.25) is 0 Å². The Morgan fingerprint density at radius 3 is 2.73 bits per heavy atom. The van der Waals surface area contributed by atoms with E-state index < -0.39 is 18.3 Å². The molecule has 3 aromatic heterocycles. The van der Waals surface area contributed by atoms with Gasteiger partial charge < -0.3 is 35.1 Å². The molecule has 1 aliphatic heterocycles. The Bertz CT molecular complexity index is 1550. The van der Waals surface area contributed by atoms with Crippen LogP contribution >= 0.6 is 0 Å². The summed E-state index contributed by atoms with van der Waals surface area (Å²) in [6.07, 6.45) is 4.09. The second-order valence-corrected chi connectivity index (χ2v) is 13.2. The van der Waals surface area contributed by atoms with Crippen molar-refractivity contribution >= 4 is 27.9 Å². The number of rotatable bonds is 6. The highest BCUT2D eigenvalue weighted by molar-refractivity contribution is 5.86. The third-order valence-electron chi connectivity index (χ3n) is 9.47. The average Bonchev–Trinajstić information content (AvgIpc) is 3.22. The fourth-order valence-corrected chi connectivity index (χ4v) is 6.87. The number of likely N-dealkylation sites (N-methyl/N-ethyl adjacent to an activating group) is 1. The topological polar surface area (TPSA) is 138 Å². The second-order valence-electron chi connectivity index (χ2n) is 13.2. The Morgan fingerprint density at radius 2 is 1.95 bits per heavy atom. The van der Waals surface area contributed by atoms with Crippen molar-refractivity contribution in [2.45, 2.75) is 81.9 Å². The number of anilines is 1. The molecule has 10 nitrogen and oxygen atoms in total. The molecule has 4 heterocycles. The van der Waals surface area contributed by atoms with Gasteiger partial charge in [0.1, 0.15) is 29.7 Å². The SMILES string of the molecule is CN(CC1OC2C(C(O)C1O)C2n1ccc2c(N)ncnc21)C1CC(Cc2nc3ccc(C(C)(C)C)cc3[nH]2)C1. The highest BCUT2D eigenvalue weighted by Crippen LogP contribution is 2.54. The van der Waals surface area contributed by atoms with Crippen LogP contribution in [0.2, 0.25) is 0 Å². The Morgan fingerprint density at radius 1 is 1.15 bits per heavy atom. The van der Waals surface area contributed by atoms with E-state index in [9.17, 15) is 10.2 Å². The van der Waals surface area contributed by atoms with E-state index in [1.807, 2.05) is 16.8 Å². The summed E-state index contributed by atoms with van der Waals surface area (Å²) in [4.78, 5) is 19.1. The summed E-state index contributed by atoms with van der Waals surface area (Å²) in [5.74, 6) is 1.89. The number of aliphatic hydroxyl groups excluding tert-OH is 2. The van der Waals surface area contributed by atoms with Gasteiger partial charge in [0, 0.05) is 31.1 Å². The number of aromatic amines is 1. The lowest BCUT2D eigenvalue weighted by molar-refractivity contribution is -0.149. The maximum atomic E-state index is 11.0. The molecular formula is C30H39N7O3. The first kappa shape index (κ1) is 25.9. The van der Waals surface area contributed by atoms with E-state index in [0.29, 0.717) is 24.3 Å². The van der Waals surface area contributed by atoms with Crippen LogP contribution in [-0.4, -0.2) is 83.7 Å². The molecule has 6 atom stereocenters. The van der Waals surface area contributed by atoms with Crippen LogP contribution in [0.1, 0.15) is 51.0 Å². The van der Waals surface area contributed by atoms with E-state index in [0.717, 1.165) is 47.2 Å². The van der Waals surface area contributed by atoms with E-state index in [2.05, 4.69) is 65.9 Å². The molecule has 212 valence electrons. The van der Waals surface area contributed by atoms with Gasteiger partial charge in [-0.2, -0.15) is 0 Å². The number of aliphatic hydroxyl groups is 2. The molecule has 3 aliphatic rings. The van der Waals surface area contributed by atoms with Gasteiger partial charge >= 0.3 is 0 Å². The van der Waals surface area contributed by atoms with Crippen LogP contribution < -0.4 is 5.73 Å². The van der Waals surface area contributed by atoms with Crippen LogP contribution in [0.25, 0.3) is 22.1 Å². The molecule has 0 spiro atoms. The van der Waals surface area contributed by atoms with Gasteiger partial charge in [0.05, 0.1) is 40.8 Å². The zero-order valence-electron chi connectivity index (χ0n) is 23.5. The van der Waals surface area contributed by atoms with Gasteiger partial charge in [0.25, 0.3) is 0 Å². The molecule has 7 rings (SSSR count). The predicted molar refractivity (Wildman–Crippen MR) is 153 cm³/mol. The summed E-state index contributed by atoms with van der Waals surface area (Å²) < 4.78 is 8.38. The second kappa shape index (κ2) is 9.24. The number of hydrogen-bond donors (Lipinski definition) is 4. The van der Waals surface area contributed by atoms with Crippen LogP contribution in [-0.2, 0) is 16.6 Å². The third kappa shape index (κ3) is 4.29. The summed E-state index contributed by atoms with van der Waals surface area (Å²) in [7, 11) is 2.09. The van der Waals surface area contributed by atoms with Crippen LogP contribution in [0, 0.1) is 11.8 Å². The first-order valence-electron chi connectivity index (χ1n) is 14.4. The standard InChI is InChI=1S/C30H39N7O3/c1-30(2,3)16-5-6-19-20(12-16)35-22(34-19)11-15-9-17(10-15)36(4)13-21-25(38)26(39)23-24(27(23)40-21)37-8-7-18-28(31)32-14-33-29(18)37/h5-8,12,14-15,17,21,23-27,38-39H,9-11,13H2,1-4H3,(H,34,35)(H2,31,32,33). The molecule has 6 unspecified atom stereocenters. The predicted octanol–water partition coefficient (Wildman–Crippen LogP) is 2.80. The van der Waals surface area contributed by atoms with E-state index in [4.69, 9.17) is 15.5 Å². The number of ether oxygens (including phenoxy) is 1. The molecule has 10 heteroatoms. The number of benzene rings is 1. The molecule has 1 saturated heterocycles. The quantitative estimate of drug-likeness (QED) is 0.290. The number of fused-ring (bicyclic) bond motifs is 3. The van der Waals surface area contributed by atoms with Crippen LogP contribution in [0.4, 0.5) is 5.82 Å². The number of H-pyrrole nitrogens is 1. The summed E-state index contributed by atoms with van der Waals surface area (Å²) >= 11 is 0. The van der Waals surface area contributed by atoms with Crippen molar-refractivity contribution in [3.8, 4) is 0 Å². The monoisotopic (exact) mass is 545 g/mol. The zero-order chi connectivity index (χ0) is 27.9.